The molecule has 1 unspecified atom stereocenters. The van der Waals surface area contributed by atoms with Gasteiger partial charge in [-0.1, -0.05) is 17.7 Å². The quantitative estimate of drug-likeness (QED) is 0.589. The van der Waals surface area contributed by atoms with E-state index in [-0.39, 0.29) is 34.8 Å². The summed E-state index contributed by atoms with van der Waals surface area (Å²) >= 11 is 5.91. The lowest BCUT2D eigenvalue weighted by molar-refractivity contribution is -0.385. The van der Waals surface area contributed by atoms with Gasteiger partial charge in [-0.2, -0.15) is 0 Å². The molecule has 8 nitrogen and oxygen atoms in total. The van der Waals surface area contributed by atoms with Crippen LogP contribution in [0.4, 0.5) is 5.69 Å². The molecule has 1 aromatic rings. The van der Waals surface area contributed by atoms with E-state index in [0.29, 0.717) is 13.1 Å². The van der Waals surface area contributed by atoms with E-state index >= 15 is 0 Å². The van der Waals surface area contributed by atoms with Crippen molar-refractivity contribution in [1.29, 1.82) is 0 Å². The molecular formula is C15H19ClN4O4. The normalized spacial score (nSPS) is 16.9. The summed E-state index contributed by atoms with van der Waals surface area (Å²) in [7, 11) is 1.82. The monoisotopic (exact) mass is 354 g/mol. The maximum absolute atomic E-state index is 12.3. The SMILES string of the molecule is CNCC1CCCN1C(=O)CNC(=O)c1c(Cl)cccc1[N+](=O)[O-]. The van der Waals surface area contributed by atoms with Crippen molar-refractivity contribution in [2.75, 3.05) is 26.7 Å². The predicted molar refractivity (Wildman–Crippen MR) is 89.1 cm³/mol. The molecule has 0 bridgehead atoms. The largest absolute Gasteiger partial charge is 0.343 e. The molecule has 0 aliphatic carbocycles. The average Bonchev–Trinajstić information content (AvgIpc) is 3.00. The highest BCUT2D eigenvalue weighted by molar-refractivity contribution is 6.34. The molecule has 2 amide bonds. The number of hydrogen-bond acceptors (Lipinski definition) is 5. The summed E-state index contributed by atoms with van der Waals surface area (Å²) in [6.45, 7) is 1.12. The fraction of sp³-hybridized carbons (Fsp3) is 0.467. The van der Waals surface area contributed by atoms with Crippen molar-refractivity contribution in [2.24, 2.45) is 0 Å². The van der Waals surface area contributed by atoms with Crippen LogP contribution < -0.4 is 10.6 Å². The van der Waals surface area contributed by atoms with Crippen LogP contribution in [0.3, 0.4) is 0 Å². The number of halogens is 1. The van der Waals surface area contributed by atoms with Crippen molar-refractivity contribution < 1.29 is 14.5 Å². The van der Waals surface area contributed by atoms with Gasteiger partial charge in [0.25, 0.3) is 11.6 Å². The fourth-order valence-corrected chi connectivity index (χ4v) is 3.10. The van der Waals surface area contributed by atoms with E-state index in [9.17, 15) is 19.7 Å². The smallest absolute Gasteiger partial charge is 0.283 e. The number of carbonyl (C=O) groups excluding carboxylic acids is 2. The molecule has 0 spiro atoms. The number of nitro groups is 1. The van der Waals surface area contributed by atoms with Crippen molar-refractivity contribution in [2.45, 2.75) is 18.9 Å². The highest BCUT2D eigenvalue weighted by atomic mass is 35.5. The van der Waals surface area contributed by atoms with Gasteiger partial charge < -0.3 is 15.5 Å². The second-order valence-corrected chi connectivity index (χ2v) is 5.92. The number of hydrogen-bond donors (Lipinski definition) is 2. The Bertz CT molecular complexity index is 652. The van der Waals surface area contributed by atoms with Crippen molar-refractivity contribution in [1.82, 2.24) is 15.5 Å². The van der Waals surface area contributed by atoms with E-state index in [1.54, 1.807) is 4.90 Å². The summed E-state index contributed by atoms with van der Waals surface area (Å²) in [6.07, 6.45) is 1.83. The number of amides is 2. The highest BCUT2D eigenvalue weighted by Crippen LogP contribution is 2.26. The number of likely N-dealkylation sites (tertiary alicyclic amines) is 1. The van der Waals surface area contributed by atoms with Crippen LogP contribution >= 0.6 is 11.6 Å². The summed E-state index contributed by atoms with van der Waals surface area (Å²) in [5.74, 6) is -0.944. The Morgan fingerprint density at radius 3 is 2.88 bits per heavy atom. The van der Waals surface area contributed by atoms with Gasteiger partial charge in [-0.15, -0.1) is 0 Å². The van der Waals surface area contributed by atoms with Crippen molar-refractivity contribution in [3.05, 3.63) is 38.9 Å². The third-order valence-corrected chi connectivity index (χ3v) is 4.27. The lowest BCUT2D eigenvalue weighted by Crippen LogP contribution is -2.45. The fourth-order valence-electron chi connectivity index (χ4n) is 2.85. The van der Waals surface area contributed by atoms with E-state index < -0.39 is 10.8 Å². The van der Waals surface area contributed by atoms with Gasteiger partial charge in [0.1, 0.15) is 5.56 Å². The maximum Gasteiger partial charge on any atom is 0.283 e. The summed E-state index contributed by atoms with van der Waals surface area (Å²) in [5.41, 5.74) is -0.619. The van der Waals surface area contributed by atoms with Gasteiger partial charge >= 0.3 is 0 Å². The number of nitrogens with one attached hydrogen (secondary N) is 2. The second kappa shape index (κ2) is 8.07. The molecule has 0 saturated carbocycles. The molecule has 9 heteroatoms. The maximum atomic E-state index is 12.3. The Labute approximate surface area is 144 Å². The Balaban J connectivity index is 2.03. The first-order valence-corrected chi connectivity index (χ1v) is 7.98. The van der Waals surface area contributed by atoms with E-state index in [4.69, 9.17) is 11.6 Å². The molecule has 1 fully saturated rings. The van der Waals surface area contributed by atoms with Crippen LogP contribution in [0.1, 0.15) is 23.2 Å². The number of likely N-dealkylation sites (N-methyl/N-ethyl adjacent to an activating group) is 1. The molecule has 24 heavy (non-hydrogen) atoms. The lowest BCUT2D eigenvalue weighted by Gasteiger charge is -2.24. The van der Waals surface area contributed by atoms with Gasteiger partial charge in [-0.05, 0) is 26.0 Å². The minimum Gasteiger partial charge on any atom is -0.343 e. The summed E-state index contributed by atoms with van der Waals surface area (Å²) in [6, 6.07) is 4.10. The van der Waals surface area contributed by atoms with E-state index in [0.717, 1.165) is 12.8 Å². The zero-order chi connectivity index (χ0) is 17.7. The topological polar surface area (TPSA) is 105 Å². The molecule has 1 saturated heterocycles. The Hall–Kier alpha value is -2.19. The van der Waals surface area contributed by atoms with Gasteiger partial charge in [0.2, 0.25) is 5.91 Å². The third kappa shape index (κ3) is 4.01. The van der Waals surface area contributed by atoms with Crippen LogP contribution in [0.2, 0.25) is 5.02 Å². The van der Waals surface area contributed by atoms with Crippen LogP contribution in [0, 0.1) is 10.1 Å². The minimum atomic E-state index is -0.731. The van der Waals surface area contributed by atoms with Gasteiger partial charge in [0.05, 0.1) is 16.5 Å². The zero-order valence-electron chi connectivity index (χ0n) is 13.3. The molecule has 0 radical (unpaired) electrons. The molecule has 1 heterocycles. The van der Waals surface area contributed by atoms with Gasteiger partial charge in [0.15, 0.2) is 0 Å². The van der Waals surface area contributed by atoms with Crippen LogP contribution in [-0.2, 0) is 4.79 Å². The summed E-state index contributed by atoms with van der Waals surface area (Å²) in [4.78, 5) is 36.6. The number of carbonyl (C=O) groups is 2. The molecule has 1 aliphatic heterocycles. The van der Waals surface area contributed by atoms with E-state index in [1.807, 2.05) is 7.05 Å². The van der Waals surface area contributed by atoms with Gasteiger partial charge in [-0.25, -0.2) is 0 Å². The number of benzene rings is 1. The summed E-state index contributed by atoms with van der Waals surface area (Å²) < 4.78 is 0. The first-order valence-electron chi connectivity index (χ1n) is 7.61. The van der Waals surface area contributed by atoms with Crippen molar-refractivity contribution in [3.63, 3.8) is 0 Å². The van der Waals surface area contributed by atoms with Gasteiger partial charge in [0, 0.05) is 25.2 Å². The Morgan fingerprint density at radius 2 is 2.21 bits per heavy atom. The highest BCUT2D eigenvalue weighted by Gasteiger charge is 2.29. The average molecular weight is 355 g/mol. The van der Waals surface area contributed by atoms with Crippen molar-refractivity contribution in [3.8, 4) is 0 Å². The first kappa shape index (κ1) is 18.2. The molecule has 1 atom stereocenters. The van der Waals surface area contributed by atoms with E-state index in [2.05, 4.69) is 10.6 Å². The molecule has 130 valence electrons. The standard InChI is InChI=1S/C15H19ClN4O4/c1-17-8-10-4-3-7-19(10)13(21)9-18-15(22)14-11(16)5-2-6-12(14)20(23)24/h2,5-6,10,17H,3-4,7-9H2,1H3,(H,18,22). The number of rotatable bonds is 6. The predicted octanol–water partition coefficient (Wildman–Crippen LogP) is 1.19. The molecule has 0 aromatic heterocycles. The van der Waals surface area contributed by atoms with Crippen LogP contribution in [0.5, 0.6) is 0 Å². The third-order valence-electron chi connectivity index (χ3n) is 3.95. The number of nitro benzene ring substituents is 1. The zero-order valence-corrected chi connectivity index (χ0v) is 14.0. The number of nitrogens with zero attached hydrogens (tertiary/aromatic N) is 2. The van der Waals surface area contributed by atoms with Crippen molar-refractivity contribution >= 4 is 29.1 Å². The second-order valence-electron chi connectivity index (χ2n) is 5.51. The molecule has 1 aromatic carbocycles. The molecular weight excluding hydrogens is 336 g/mol. The molecule has 2 N–H and O–H groups in total. The molecule has 2 rings (SSSR count). The summed E-state index contributed by atoms with van der Waals surface area (Å²) in [5, 5.41) is 16.5. The van der Waals surface area contributed by atoms with E-state index in [1.165, 1.54) is 18.2 Å². The van der Waals surface area contributed by atoms with Crippen LogP contribution in [0.15, 0.2) is 18.2 Å². The Kier molecular flexibility index (Phi) is 6.10. The van der Waals surface area contributed by atoms with Crippen LogP contribution in [-0.4, -0.2) is 54.4 Å². The van der Waals surface area contributed by atoms with Gasteiger partial charge in [-0.3, -0.25) is 19.7 Å². The van der Waals surface area contributed by atoms with Crippen LogP contribution in [0.25, 0.3) is 0 Å². The lowest BCUT2D eigenvalue weighted by atomic mass is 10.1. The Morgan fingerprint density at radius 1 is 1.46 bits per heavy atom. The molecule has 1 aliphatic rings. The minimum absolute atomic E-state index is 0.0246. The first-order chi connectivity index (χ1) is 11.5.